The summed E-state index contributed by atoms with van der Waals surface area (Å²) in [6.07, 6.45) is 6.65. The van der Waals surface area contributed by atoms with E-state index in [0.717, 1.165) is 5.92 Å². The number of aliphatic carboxylic acids is 1. The topological polar surface area (TPSA) is 49.3 Å². The van der Waals surface area contributed by atoms with Crippen molar-refractivity contribution < 1.29 is 9.90 Å². The first-order valence-corrected chi connectivity index (χ1v) is 6.07. The Morgan fingerprint density at radius 2 is 1.93 bits per heavy atom. The summed E-state index contributed by atoms with van der Waals surface area (Å²) >= 11 is 0. The van der Waals surface area contributed by atoms with Gasteiger partial charge in [-0.2, -0.15) is 0 Å². The van der Waals surface area contributed by atoms with Crippen LogP contribution in [0.1, 0.15) is 46.0 Å². The molecule has 3 heteroatoms. The molecule has 0 radical (unpaired) electrons. The molecule has 2 atom stereocenters. The Morgan fingerprint density at radius 3 is 2.47 bits per heavy atom. The molecule has 1 rings (SSSR count). The summed E-state index contributed by atoms with van der Waals surface area (Å²) in [5.41, 5.74) is 0. The van der Waals surface area contributed by atoms with Crippen molar-refractivity contribution in [1.82, 2.24) is 5.32 Å². The first kappa shape index (κ1) is 12.5. The lowest BCUT2D eigenvalue weighted by atomic mass is 9.84. The highest BCUT2D eigenvalue weighted by molar-refractivity contribution is 5.69. The van der Waals surface area contributed by atoms with E-state index in [2.05, 4.69) is 12.2 Å². The van der Waals surface area contributed by atoms with Crippen molar-refractivity contribution in [3.05, 3.63) is 0 Å². The highest BCUT2D eigenvalue weighted by Crippen LogP contribution is 2.26. The Morgan fingerprint density at radius 1 is 1.33 bits per heavy atom. The average Bonchev–Trinajstić information content (AvgIpc) is 2.26. The second kappa shape index (κ2) is 6.11. The van der Waals surface area contributed by atoms with E-state index in [0.29, 0.717) is 12.6 Å². The van der Waals surface area contributed by atoms with Crippen LogP contribution in [0.5, 0.6) is 0 Å². The summed E-state index contributed by atoms with van der Waals surface area (Å²) < 4.78 is 0. The van der Waals surface area contributed by atoms with Crippen LogP contribution >= 0.6 is 0 Å². The van der Waals surface area contributed by atoms with Crippen molar-refractivity contribution >= 4 is 5.97 Å². The summed E-state index contributed by atoms with van der Waals surface area (Å²) in [6, 6.07) is 0.465. The molecule has 1 aliphatic rings. The van der Waals surface area contributed by atoms with Gasteiger partial charge in [-0.1, -0.05) is 26.2 Å². The van der Waals surface area contributed by atoms with Gasteiger partial charge in [0.15, 0.2) is 0 Å². The molecule has 0 aromatic rings. The maximum Gasteiger partial charge on any atom is 0.307 e. The smallest absolute Gasteiger partial charge is 0.307 e. The molecule has 2 N–H and O–H groups in total. The Balaban J connectivity index is 2.22. The summed E-state index contributed by atoms with van der Waals surface area (Å²) in [6.45, 7) is 4.53. The number of carboxylic acid groups (broad SMARTS) is 1. The number of hydrogen-bond donors (Lipinski definition) is 2. The van der Waals surface area contributed by atoms with Crippen LogP contribution in [0.15, 0.2) is 0 Å². The molecule has 1 saturated carbocycles. The summed E-state index contributed by atoms with van der Waals surface area (Å²) in [5.74, 6) is -0.242. The molecule has 0 saturated heterocycles. The number of carbonyl (C=O) groups is 1. The molecule has 2 unspecified atom stereocenters. The zero-order valence-electron chi connectivity index (χ0n) is 9.83. The number of rotatable bonds is 5. The fourth-order valence-electron chi connectivity index (χ4n) is 2.25. The second-order valence-corrected chi connectivity index (χ2v) is 4.83. The van der Waals surface area contributed by atoms with Crippen LogP contribution in [-0.4, -0.2) is 23.7 Å². The van der Waals surface area contributed by atoms with Crippen molar-refractivity contribution in [3.8, 4) is 0 Å². The van der Waals surface area contributed by atoms with Crippen LogP contribution in [0.2, 0.25) is 0 Å². The number of carboxylic acids is 1. The van der Waals surface area contributed by atoms with Gasteiger partial charge in [0.1, 0.15) is 0 Å². The lowest BCUT2D eigenvalue weighted by molar-refractivity contribution is -0.141. The first-order chi connectivity index (χ1) is 7.11. The van der Waals surface area contributed by atoms with Crippen molar-refractivity contribution in [2.24, 2.45) is 11.8 Å². The molecule has 0 bridgehead atoms. The molecule has 0 heterocycles. The molecular formula is C12H23NO2. The van der Waals surface area contributed by atoms with Crippen molar-refractivity contribution in [1.29, 1.82) is 0 Å². The van der Waals surface area contributed by atoms with E-state index in [1.54, 1.807) is 6.92 Å². The SMILES string of the molecule is CC(CNC(C)C1CCCCC1)C(=O)O. The third-order valence-corrected chi connectivity index (χ3v) is 3.52. The fraction of sp³-hybridized carbons (Fsp3) is 0.917. The van der Waals surface area contributed by atoms with E-state index >= 15 is 0 Å². The minimum Gasteiger partial charge on any atom is -0.481 e. The molecule has 0 amide bonds. The largest absolute Gasteiger partial charge is 0.481 e. The van der Waals surface area contributed by atoms with Crippen molar-refractivity contribution in [2.45, 2.75) is 52.0 Å². The Bertz CT molecular complexity index is 200. The van der Waals surface area contributed by atoms with Crippen LogP contribution in [0.25, 0.3) is 0 Å². The highest BCUT2D eigenvalue weighted by atomic mass is 16.4. The average molecular weight is 213 g/mol. The number of hydrogen-bond acceptors (Lipinski definition) is 2. The van der Waals surface area contributed by atoms with Crippen molar-refractivity contribution in [3.63, 3.8) is 0 Å². The van der Waals surface area contributed by atoms with Gasteiger partial charge in [0, 0.05) is 12.6 Å². The summed E-state index contributed by atoms with van der Waals surface area (Å²) in [5, 5.41) is 12.1. The van der Waals surface area contributed by atoms with E-state index in [4.69, 9.17) is 5.11 Å². The Labute approximate surface area is 92.3 Å². The zero-order valence-corrected chi connectivity index (χ0v) is 9.83. The van der Waals surface area contributed by atoms with E-state index in [1.807, 2.05) is 0 Å². The third kappa shape index (κ3) is 4.20. The molecule has 0 aromatic heterocycles. The summed E-state index contributed by atoms with van der Waals surface area (Å²) in [7, 11) is 0. The van der Waals surface area contributed by atoms with Crippen molar-refractivity contribution in [2.75, 3.05) is 6.54 Å². The fourth-order valence-corrected chi connectivity index (χ4v) is 2.25. The van der Waals surface area contributed by atoms with Gasteiger partial charge >= 0.3 is 5.97 Å². The lowest BCUT2D eigenvalue weighted by Crippen LogP contribution is -2.38. The lowest BCUT2D eigenvalue weighted by Gasteiger charge is -2.28. The molecule has 3 nitrogen and oxygen atoms in total. The maximum atomic E-state index is 10.6. The predicted octanol–water partition coefficient (Wildman–Crippen LogP) is 2.27. The molecule has 0 aliphatic heterocycles. The minimum atomic E-state index is -0.710. The normalized spacial score (nSPS) is 22.3. The van der Waals surface area contributed by atoms with Crippen LogP contribution in [0.3, 0.4) is 0 Å². The van der Waals surface area contributed by atoms with Gasteiger partial charge in [-0.25, -0.2) is 0 Å². The van der Waals surface area contributed by atoms with E-state index < -0.39 is 5.97 Å². The van der Waals surface area contributed by atoms with Crippen LogP contribution in [0, 0.1) is 11.8 Å². The standard InChI is InChI=1S/C12H23NO2/c1-9(12(14)15)8-13-10(2)11-6-4-3-5-7-11/h9-11,13H,3-8H2,1-2H3,(H,14,15). The molecule has 1 aliphatic carbocycles. The molecule has 0 spiro atoms. The number of nitrogens with one attached hydrogen (secondary N) is 1. The van der Waals surface area contributed by atoms with Crippen LogP contribution in [-0.2, 0) is 4.79 Å². The van der Waals surface area contributed by atoms with Gasteiger partial charge in [-0.05, 0) is 25.7 Å². The highest BCUT2D eigenvalue weighted by Gasteiger charge is 2.20. The molecule has 88 valence electrons. The van der Waals surface area contributed by atoms with Gasteiger partial charge in [0.2, 0.25) is 0 Å². The Kier molecular flexibility index (Phi) is 5.09. The Hall–Kier alpha value is -0.570. The third-order valence-electron chi connectivity index (χ3n) is 3.52. The molecule has 0 aromatic carbocycles. The molecule has 1 fully saturated rings. The van der Waals surface area contributed by atoms with Gasteiger partial charge < -0.3 is 10.4 Å². The quantitative estimate of drug-likeness (QED) is 0.736. The van der Waals surface area contributed by atoms with E-state index in [-0.39, 0.29) is 5.92 Å². The van der Waals surface area contributed by atoms with E-state index in [9.17, 15) is 4.79 Å². The van der Waals surface area contributed by atoms with Gasteiger partial charge in [0.25, 0.3) is 0 Å². The van der Waals surface area contributed by atoms with Gasteiger partial charge in [-0.3, -0.25) is 4.79 Å². The van der Waals surface area contributed by atoms with Crippen LogP contribution in [0.4, 0.5) is 0 Å². The minimum absolute atomic E-state index is 0.281. The zero-order chi connectivity index (χ0) is 11.3. The second-order valence-electron chi connectivity index (χ2n) is 4.83. The van der Waals surface area contributed by atoms with Crippen LogP contribution < -0.4 is 5.32 Å². The van der Waals surface area contributed by atoms with Gasteiger partial charge in [0.05, 0.1) is 5.92 Å². The maximum absolute atomic E-state index is 10.6. The van der Waals surface area contributed by atoms with Gasteiger partial charge in [-0.15, -0.1) is 0 Å². The molecule has 15 heavy (non-hydrogen) atoms. The monoisotopic (exact) mass is 213 g/mol. The first-order valence-electron chi connectivity index (χ1n) is 6.07. The van der Waals surface area contributed by atoms with E-state index in [1.165, 1.54) is 32.1 Å². The summed E-state index contributed by atoms with van der Waals surface area (Å²) in [4.78, 5) is 10.6. The predicted molar refractivity (Wildman–Crippen MR) is 60.8 cm³/mol. The molecular weight excluding hydrogens is 190 g/mol.